The lowest BCUT2D eigenvalue weighted by Crippen LogP contribution is -2.36. The molecule has 1 aromatic rings. The second-order valence-electron chi connectivity index (χ2n) is 5.20. The van der Waals surface area contributed by atoms with Gasteiger partial charge in [-0.15, -0.1) is 0 Å². The Bertz CT molecular complexity index is 544. The van der Waals surface area contributed by atoms with Gasteiger partial charge in [-0.25, -0.2) is 17.5 Å². The first-order valence-corrected chi connectivity index (χ1v) is 8.27. The minimum absolute atomic E-state index is 0.140. The molecule has 0 bridgehead atoms. The SMILES string of the molecule is CCNCc1ccc(S(=O)(=O)NC(C)C(C)C)c(F)c1. The van der Waals surface area contributed by atoms with Gasteiger partial charge in [0.15, 0.2) is 0 Å². The Morgan fingerprint density at radius 2 is 1.90 bits per heavy atom. The summed E-state index contributed by atoms with van der Waals surface area (Å²) >= 11 is 0. The Balaban J connectivity index is 2.96. The van der Waals surface area contributed by atoms with Crippen LogP contribution < -0.4 is 10.0 Å². The van der Waals surface area contributed by atoms with E-state index in [4.69, 9.17) is 0 Å². The minimum atomic E-state index is -3.82. The third kappa shape index (κ3) is 4.54. The summed E-state index contributed by atoms with van der Waals surface area (Å²) in [7, 11) is -3.82. The molecule has 1 unspecified atom stereocenters. The quantitative estimate of drug-likeness (QED) is 0.812. The molecular formula is C14H23FN2O2S. The van der Waals surface area contributed by atoms with E-state index in [1.54, 1.807) is 13.0 Å². The Morgan fingerprint density at radius 3 is 2.40 bits per heavy atom. The molecule has 6 heteroatoms. The molecule has 0 amide bonds. The maximum absolute atomic E-state index is 14.0. The molecule has 0 aliphatic carbocycles. The van der Waals surface area contributed by atoms with Crippen LogP contribution >= 0.6 is 0 Å². The van der Waals surface area contributed by atoms with Gasteiger partial charge < -0.3 is 5.32 Å². The predicted molar refractivity (Wildman–Crippen MR) is 78.4 cm³/mol. The first-order chi connectivity index (χ1) is 9.27. The molecule has 0 aliphatic rings. The molecular weight excluding hydrogens is 279 g/mol. The van der Waals surface area contributed by atoms with Crippen LogP contribution in [0.3, 0.4) is 0 Å². The fourth-order valence-corrected chi connectivity index (χ4v) is 3.04. The van der Waals surface area contributed by atoms with Crippen molar-refractivity contribution in [3.05, 3.63) is 29.6 Å². The van der Waals surface area contributed by atoms with E-state index in [1.165, 1.54) is 12.1 Å². The van der Waals surface area contributed by atoms with Crippen molar-refractivity contribution in [1.82, 2.24) is 10.0 Å². The van der Waals surface area contributed by atoms with E-state index in [0.717, 1.165) is 12.1 Å². The molecule has 0 aliphatic heterocycles. The van der Waals surface area contributed by atoms with Gasteiger partial charge in [0, 0.05) is 12.6 Å². The standard InChI is InChI=1S/C14H23FN2O2S/c1-5-16-9-12-6-7-14(13(15)8-12)20(18,19)17-11(4)10(2)3/h6-8,10-11,16-17H,5,9H2,1-4H3. The molecule has 2 N–H and O–H groups in total. The van der Waals surface area contributed by atoms with Gasteiger partial charge in [-0.1, -0.05) is 26.8 Å². The molecule has 20 heavy (non-hydrogen) atoms. The van der Waals surface area contributed by atoms with Crippen LogP contribution in [0.4, 0.5) is 4.39 Å². The molecule has 1 rings (SSSR count). The third-order valence-corrected chi connectivity index (χ3v) is 4.80. The highest BCUT2D eigenvalue weighted by molar-refractivity contribution is 7.89. The van der Waals surface area contributed by atoms with E-state index in [9.17, 15) is 12.8 Å². The van der Waals surface area contributed by atoms with Crippen molar-refractivity contribution >= 4 is 10.0 Å². The summed E-state index contributed by atoms with van der Waals surface area (Å²) in [6.45, 7) is 8.82. The Hall–Kier alpha value is -0.980. The highest BCUT2D eigenvalue weighted by atomic mass is 32.2. The minimum Gasteiger partial charge on any atom is -0.313 e. The zero-order valence-corrected chi connectivity index (χ0v) is 13.2. The predicted octanol–water partition coefficient (Wildman–Crippen LogP) is 2.26. The van der Waals surface area contributed by atoms with Gasteiger partial charge in [-0.3, -0.25) is 0 Å². The van der Waals surface area contributed by atoms with Crippen LogP contribution in [0.15, 0.2) is 23.1 Å². The fraction of sp³-hybridized carbons (Fsp3) is 0.571. The number of sulfonamides is 1. The maximum Gasteiger partial charge on any atom is 0.243 e. The van der Waals surface area contributed by atoms with Crippen LogP contribution in [-0.2, 0) is 16.6 Å². The molecule has 0 spiro atoms. The van der Waals surface area contributed by atoms with E-state index in [0.29, 0.717) is 6.54 Å². The Kier molecular flexibility index (Phi) is 6.10. The van der Waals surface area contributed by atoms with Crippen molar-refractivity contribution < 1.29 is 12.8 Å². The van der Waals surface area contributed by atoms with Gasteiger partial charge in [0.05, 0.1) is 0 Å². The van der Waals surface area contributed by atoms with Crippen LogP contribution in [0.5, 0.6) is 0 Å². The molecule has 1 aromatic carbocycles. The topological polar surface area (TPSA) is 58.2 Å². The van der Waals surface area contributed by atoms with E-state index in [1.807, 2.05) is 20.8 Å². The van der Waals surface area contributed by atoms with Gasteiger partial charge in [-0.2, -0.15) is 0 Å². The second-order valence-corrected chi connectivity index (χ2v) is 6.88. The number of rotatable bonds is 7. The summed E-state index contributed by atoms with van der Waals surface area (Å²) in [5, 5.41) is 3.07. The van der Waals surface area contributed by atoms with Gasteiger partial charge in [-0.05, 0) is 37.1 Å². The molecule has 0 saturated carbocycles. The molecule has 1 atom stereocenters. The van der Waals surface area contributed by atoms with E-state index >= 15 is 0 Å². The van der Waals surface area contributed by atoms with Crippen LogP contribution in [-0.4, -0.2) is 21.0 Å². The summed E-state index contributed by atoms with van der Waals surface area (Å²) in [6, 6.07) is 3.95. The summed E-state index contributed by atoms with van der Waals surface area (Å²) in [5.74, 6) is -0.579. The van der Waals surface area contributed by atoms with Crippen LogP contribution in [0.1, 0.15) is 33.3 Å². The third-order valence-electron chi connectivity index (χ3n) is 3.21. The van der Waals surface area contributed by atoms with Gasteiger partial charge >= 0.3 is 0 Å². The molecule has 0 saturated heterocycles. The lowest BCUT2D eigenvalue weighted by Gasteiger charge is -2.18. The number of halogens is 1. The number of hydrogen-bond donors (Lipinski definition) is 2. The van der Waals surface area contributed by atoms with Crippen molar-refractivity contribution in [1.29, 1.82) is 0 Å². The summed E-state index contributed by atoms with van der Waals surface area (Å²) in [6.07, 6.45) is 0. The van der Waals surface area contributed by atoms with Crippen molar-refractivity contribution in [2.45, 2.75) is 45.2 Å². The molecule has 0 heterocycles. The van der Waals surface area contributed by atoms with Crippen molar-refractivity contribution in [2.24, 2.45) is 5.92 Å². The van der Waals surface area contributed by atoms with E-state index in [-0.39, 0.29) is 16.9 Å². The van der Waals surface area contributed by atoms with E-state index < -0.39 is 15.8 Å². The van der Waals surface area contributed by atoms with Gasteiger partial charge in [0.1, 0.15) is 10.7 Å². The average molecular weight is 302 g/mol. The molecule has 4 nitrogen and oxygen atoms in total. The smallest absolute Gasteiger partial charge is 0.243 e. The van der Waals surface area contributed by atoms with Crippen LogP contribution in [0.2, 0.25) is 0 Å². The lowest BCUT2D eigenvalue weighted by molar-refractivity contribution is 0.473. The highest BCUT2D eigenvalue weighted by Crippen LogP contribution is 2.17. The first-order valence-electron chi connectivity index (χ1n) is 6.79. The first kappa shape index (κ1) is 17.1. The number of hydrogen-bond acceptors (Lipinski definition) is 3. The van der Waals surface area contributed by atoms with Crippen molar-refractivity contribution in [3.8, 4) is 0 Å². The van der Waals surface area contributed by atoms with Crippen molar-refractivity contribution in [3.63, 3.8) is 0 Å². The summed E-state index contributed by atoms with van der Waals surface area (Å²) < 4.78 is 40.7. The molecule has 0 fully saturated rings. The lowest BCUT2D eigenvalue weighted by atomic mass is 10.1. The Labute approximate surface area is 120 Å². The normalized spacial score (nSPS) is 13.7. The van der Waals surface area contributed by atoms with Gasteiger partial charge in [0.25, 0.3) is 0 Å². The zero-order chi connectivity index (χ0) is 15.3. The van der Waals surface area contributed by atoms with Crippen LogP contribution in [0.25, 0.3) is 0 Å². The molecule has 114 valence electrons. The Morgan fingerprint density at radius 1 is 1.25 bits per heavy atom. The molecule has 0 radical (unpaired) electrons. The number of nitrogens with one attached hydrogen (secondary N) is 2. The van der Waals surface area contributed by atoms with E-state index in [2.05, 4.69) is 10.0 Å². The monoisotopic (exact) mass is 302 g/mol. The molecule has 0 aromatic heterocycles. The largest absolute Gasteiger partial charge is 0.313 e. The number of benzene rings is 1. The summed E-state index contributed by atoms with van der Waals surface area (Å²) in [4.78, 5) is -0.301. The maximum atomic E-state index is 14.0. The highest BCUT2D eigenvalue weighted by Gasteiger charge is 2.22. The average Bonchev–Trinajstić information content (AvgIpc) is 2.35. The van der Waals surface area contributed by atoms with Gasteiger partial charge in [0.2, 0.25) is 10.0 Å². The second kappa shape index (κ2) is 7.15. The fourth-order valence-electron chi connectivity index (χ4n) is 1.59. The van der Waals surface area contributed by atoms with Crippen molar-refractivity contribution in [2.75, 3.05) is 6.54 Å². The zero-order valence-electron chi connectivity index (χ0n) is 12.4. The van der Waals surface area contributed by atoms with Crippen LogP contribution in [0, 0.1) is 11.7 Å². The summed E-state index contributed by atoms with van der Waals surface area (Å²) in [5.41, 5.74) is 0.722.